The SMILES string of the molecule is Cc1cc(NC(=O)C(=O)c2c(C)[nH]c3ccccc23)n(-c2nc3c(c(=O)[nH]2)CCC3)n1. The second kappa shape index (κ2) is 7.05. The zero-order valence-corrected chi connectivity index (χ0v) is 17.1. The Bertz CT molecular complexity index is 1430. The summed E-state index contributed by atoms with van der Waals surface area (Å²) in [6, 6.07) is 8.95. The maximum absolute atomic E-state index is 13.0. The molecule has 0 atom stereocenters. The van der Waals surface area contributed by atoms with E-state index in [1.165, 1.54) is 4.68 Å². The Morgan fingerprint density at radius 3 is 2.77 bits per heavy atom. The van der Waals surface area contributed by atoms with Crippen molar-refractivity contribution in [1.82, 2.24) is 24.7 Å². The van der Waals surface area contributed by atoms with Crippen LogP contribution in [0.4, 0.5) is 5.82 Å². The number of Topliss-reactive ketones (excluding diaryl/α,β-unsaturated/α-hetero) is 1. The van der Waals surface area contributed by atoms with E-state index in [0.29, 0.717) is 34.3 Å². The molecule has 0 saturated heterocycles. The van der Waals surface area contributed by atoms with Crippen LogP contribution in [0.25, 0.3) is 16.9 Å². The van der Waals surface area contributed by atoms with E-state index in [9.17, 15) is 14.4 Å². The fraction of sp³-hybridized carbons (Fsp3) is 0.227. The van der Waals surface area contributed by atoms with E-state index in [4.69, 9.17) is 0 Å². The molecule has 0 unspecified atom stereocenters. The minimum atomic E-state index is -0.794. The number of ketones is 1. The van der Waals surface area contributed by atoms with Crippen molar-refractivity contribution in [3.05, 3.63) is 68.9 Å². The number of carbonyl (C=O) groups excluding carboxylic acids is 2. The van der Waals surface area contributed by atoms with Gasteiger partial charge in [-0.1, -0.05) is 18.2 Å². The highest BCUT2D eigenvalue weighted by molar-refractivity contribution is 6.48. The van der Waals surface area contributed by atoms with Crippen LogP contribution < -0.4 is 10.9 Å². The van der Waals surface area contributed by atoms with Crippen molar-refractivity contribution in [1.29, 1.82) is 0 Å². The molecule has 1 aliphatic rings. The molecule has 3 heterocycles. The van der Waals surface area contributed by atoms with Gasteiger partial charge in [0.1, 0.15) is 5.82 Å². The third kappa shape index (κ3) is 3.14. The van der Waals surface area contributed by atoms with Crippen LogP contribution in [0.1, 0.15) is 39.4 Å². The quantitative estimate of drug-likeness (QED) is 0.348. The number of fused-ring (bicyclic) bond motifs is 2. The average molecular weight is 416 g/mol. The molecular weight excluding hydrogens is 396 g/mol. The van der Waals surface area contributed by atoms with Crippen molar-refractivity contribution in [2.24, 2.45) is 0 Å². The van der Waals surface area contributed by atoms with Crippen LogP contribution in [0.15, 0.2) is 35.1 Å². The van der Waals surface area contributed by atoms with Crippen molar-refractivity contribution in [2.75, 3.05) is 5.32 Å². The van der Waals surface area contributed by atoms with E-state index in [1.54, 1.807) is 26.0 Å². The van der Waals surface area contributed by atoms with Gasteiger partial charge in [0.05, 0.1) is 17.0 Å². The fourth-order valence-electron chi connectivity index (χ4n) is 4.13. The molecule has 156 valence electrons. The summed E-state index contributed by atoms with van der Waals surface area (Å²) in [5, 5.41) is 7.66. The molecule has 4 aromatic rings. The third-order valence-corrected chi connectivity index (χ3v) is 5.53. The molecule has 0 fully saturated rings. The van der Waals surface area contributed by atoms with Gasteiger partial charge in [-0.15, -0.1) is 0 Å². The van der Waals surface area contributed by atoms with Gasteiger partial charge in [-0.05, 0) is 39.2 Å². The number of H-pyrrole nitrogens is 2. The van der Waals surface area contributed by atoms with Crippen molar-refractivity contribution >= 4 is 28.4 Å². The van der Waals surface area contributed by atoms with Gasteiger partial charge in [0.15, 0.2) is 0 Å². The predicted molar refractivity (Wildman–Crippen MR) is 115 cm³/mol. The first-order valence-corrected chi connectivity index (χ1v) is 10.0. The number of hydrogen-bond acceptors (Lipinski definition) is 5. The highest BCUT2D eigenvalue weighted by Gasteiger charge is 2.25. The minimum absolute atomic E-state index is 0.201. The van der Waals surface area contributed by atoms with Crippen LogP contribution >= 0.6 is 0 Å². The van der Waals surface area contributed by atoms with Crippen LogP contribution in [0.2, 0.25) is 0 Å². The van der Waals surface area contributed by atoms with Gasteiger partial charge in [-0.2, -0.15) is 9.78 Å². The minimum Gasteiger partial charge on any atom is -0.358 e. The fourth-order valence-corrected chi connectivity index (χ4v) is 4.13. The standard InChI is InChI=1S/C22H20N6O3/c1-11-10-17(28(27-11)22-24-16-9-5-7-14(16)20(30)26-22)25-21(31)19(29)18-12(2)23-15-8-4-3-6-13(15)18/h3-4,6,8,10,23H,5,7,9H2,1-2H3,(H,25,31)(H,24,26,30). The molecule has 0 bridgehead atoms. The van der Waals surface area contributed by atoms with E-state index >= 15 is 0 Å². The third-order valence-electron chi connectivity index (χ3n) is 5.53. The predicted octanol–water partition coefficient (Wildman–Crippen LogP) is 2.36. The lowest BCUT2D eigenvalue weighted by molar-refractivity contribution is -0.112. The maximum Gasteiger partial charge on any atom is 0.298 e. The highest BCUT2D eigenvalue weighted by Crippen LogP contribution is 2.23. The summed E-state index contributed by atoms with van der Waals surface area (Å²) >= 11 is 0. The summed E-state index contributed by atoms with van der Waals surface area (Å²) in [6.45, 7) is 3.51. The van der Waals surface area contributed by atoms with E-state index in [1.807, 2.05) is 18.2 Å². The number of aromatic nitrogens is 5. The molecule has 1 aliphatic carbocycles. The number of para-hydroxylation sites is 1. The van der Waals surface area contributed by atoms with E-state index in [0.717, 1.165) is 24.1 Å². The monoisotopic (exact) mass is 416 g/mol. The molecule has 3 N–H and O–H groups in total. The lowest BCUT2D eigenvalue weighted by Crippen LogP contribution is -2.26. The molecule has 0 aliphatic heterocycles. The smallest absolute Gasteiger partial charge is 0.298 e. The summed E-state index contributed by atoms with van der Waals surface area (Å²) in [6.07, 6.45) is 2.32. The van der Waals surface area contributed by atoms with Gasteiger partial charge in [0.2, 0.25) is 5.95 Å². The van der Waals surface area contributed by atoms with Crippen molar-refractivity contribution in [3.63, 3.8) is 0 Å². The largest absolute Gasteiger partial charge is 0.358 e. The normalized spacial score (nSPS) is 12.8. The molecule has 3 aromatic heterocycles. The first-order chi connectivity index (χ1) is 14.9. The zero-order valence-electron chi connectivity index (χ0n) is 17.1. The zero-order chi connectivity index (χ0) is 21.7. The van der Waals surface area contributed by atoms with Crippen LogP contribution in [-0.4, -0.2) is 36.4 Å². The van der Waals surface area contributed by atoms with Crippen LogP contribution in [-0.2, 0) is 17.6 Å². The first-order valence-electron chi connectivity index (χ1n) is 10.0. The second-order valence-electron chi connectivity index (χ2n) is 7.70. The van der Waals surface area contributed by atoms with Crippen molar-refractivity contribution in [2.45, 2.75) is 33.1 Å². The summed E-state index contributed by atoms with van der Waals surface area (Å²) < 4.78 is 1.35. The van der Waals surface area contributed by atoms with E-state index in [-0.39, 0.29) is 17.3 Å². The van der Waals surface area contributed by atoms with Crippen molar-refractivity contribution < 1.29 is 9.59 Å². The number of aromatic amines is 2. The maximum atomic E-state index is 13.0. The van der Waals surface area contributed by atoms with Gasteiger partial charge in [-0.3, -0.25) is 19.4 Å². The summed E-state index contributed by atoms with van der Waals surface area (Å²) in [4.78, 5) is 48.6. The summed E-state index contributed by atoms with van der Waals surface area (Å²) in [5.41, 5.74) is 3.59. The van der Waals surface area contributed by atoms with Crippen molar-refractivity contribution in [3.8, 4) is 5.95 Å². The van der Waals surface area contributed by atoms with Gasteiger partial charge in [-0.25, -0.2) is 4.98 Å². The number of benzene rings is 1. The summed E-state index contributed by atoms with van der Waals surface area (Å²) in [5.74, 6) is -0.979. The molecule has 31 heavy (non-hydrogen) atoms. The molecule has 9 heteroatoms. The molecule has 1 aromatic carbocycles. The molecule has 0 spiro atoms. The van der Waals surface area contributed by atoms with Gasteiger partial charge < -0.3 is 10.3 Å². The van der Waals surface area contributed by atoms with Crippen LogP contribution in [0.5, 0.6) is 0 Å². The lowest BCUT2D eigenvalue weighted by Gasteiger charge is -2.09. The Kier molecular flexibility index (Phi) is 4.32. The van der Waals surface area contributed by atoms with Crippen LogP contribution in [0.3, 0.4) is 0 Å². The number of rotatable bonds is 4. The molecule has 9 nitrogen and oxygen atoms in total. The highest BCUT2D eigenvalue weighted by atomic mass is 16.2. The lowest BCUT2D eigenvalue weighted by atomic mass is 10.1. The number of hydrogen-bond donors (Lipinski definition) is 3. The molecule has 5 rings (SSSR count). The van der Waals surface area contributed by atoms with Gasteiger partial charge in [0, 0.05) is 28.2 Å². The molecular formula is C22H20N6O3. The Labute approximate surface area is 176 Å². The Hall–Kier alpha value is -4.01. The van der Waals surface area contributed by atoms with E-state index < -0.39 is 11.7 Å². The Morgan fingerprint density at radius 1 is 1.13 bits per heavy atom. The van der Waals surface area contributed by atoms with E-state index in [2.05, 4.69) is 25.4 Å². The van der Waals surface area contributed by atoms with Gasteiger partial charge >= 0.3 is 0 Å². The number of anilines is 1. The average Bonchev–Trinajstić information content (AvgIpc) is 3.43. The number of amides is 1. The topological polar surface area (TPSA) is 126 Å². The Balaban J connectivity index is 1.49. The van der Waals surface area contributed by atoms with Gasteiger partial charge in [0.25, 0.3) is 17.2 Å². The van der Waals surface area contributed by atoms with Crippen LogP contribution in [0, 0.1) is 13.8 Å². The first kappa shape index (κ1) is 19.0. The number of nitrogens with zero attached hydrogens (tertiary/aromatic N) is 3. The number of carbonyl (C=O) groups is 2. The molecule has 0 radical (unpaired) electrons. The number of nitrogens with one attached hydrogen (secondary N) is 3. The Morgan fingerprint density at radius 2 is 1.94 bits per heavy atom. The second-order valence-corrected chi connectivity index (χ2v) is 7.70. The molecule has 0 saturated carbocycles. The number of aryl methyl sites for hydroxylation is 3. The summed E-state index contributed by atoms with van der Waals surface area (Å²) in [7, 11) is 0. The molecule has 1 amide bonds.